The lowest BCUT2D eigenvalue weighted by Crippen LogP contribution is -2.23. The molecule has 9 nitrogen and oxygen atoms in total. The quantitative estimate of drug-likeness (QED) is 0.645. The number of aromatic nitrogens is 5. The number of nitrogens with one attached hydrogen (secondary N) is 2. The average Bonchev–Trinajstić information content (AvgIpc) is 3.26. The van der Waals surface area contributed by atoms with Gasteiger partial charge in [0.25, 0.3) is 5.91 Å². The second-order valence-corrected chi connectivity index (χ2v) is 7.03. The van der Waals surface area contributed by atoms with E-state index in [4.69, 9.17) is 4.52 Å². The topological polar surface area (TPSA) is 111 Å². The van der Waals surface area contributed by atoms with Crippen LogP contribution in [0.5, 0.6) is 0 Å². The molecule has 0 radical (unpaired) electrons. The smallest absolute Gasteiger partial charge is 0.253 e. The van der Waals surface area contributed by atoms with Crippen LogP contribution in [0.3, 0.4) is 0 Å². The van der Waals surface area contributed by atoms with Crippen molar-refractivity contribution in [3.63, 3.8) is 0 Å². The number of nitrogens with zero attached hydrogens (tertiary/aromatic N) is 5. The molecule has 3 aromatic heterocycles. The highest BCUT2D eigenvalue weighted by molar-refractivity contribution is 5.93. The van der Waals surface area contributed by atoms with Gasteiger partial charge < -0.3 is 15.2 Å². The first kappa shape index (κ1) is 19.5. The van der Waals surface area contributed by atoms with E-state index >= 15 is 0 Å². The fourth-order valence-corrected chi connectivity index (χ4v) is 2.79. The van der Waals surface area contributed by atoms with Crippen LogP contribution in [0, 0.1) is 6.92 Å². The van der Waals surface area contributed by atoms with Gasteiger partial charge >= 0.3 is 0 Å². The molecule has 0 aromatic carbocycles. The maximum atomic E-state index is 12.3. The first-order valence-electron chi connectivity index (χ1n) is 9.17. The van der Waals surface area contributed by atoms with E-state index in [9.17, 15) is 4.79 Å². The molecule has 0 aliphatic rings. The normalized spacial score (nSPS) is 12.2. The number of carbonyl (C=O) groups is 1. The van der Waals surface area contributed by atoms with E-state index in [2.05, 4.69) is 30.9 Å². The minimum absolute atomic E-state index is 0.0502. The van der Waals surface area contributed by atoms with Crippen molar-refractivity contribution >= 4 is 11.7 Å². The molecule has 9 heteroatoms. The van der Waals surface area contributed by atoms with E-state index in [1.807, 2.05) is 40.9 Å². The minimum Gasteiger partial charge on any atom is -0.363 e. The summed E-state index contributed by atoms with van der Waals surface area (Å²) in [7, 11) is 1.90. The second-order valence-electron chi connectivity index (χ2n) is 7.03. The third kappa shape index (κ3) is 4.54. The molecule has 3 rings (SSSR count). The van der Waals surface area contributed by atoms with Crippen molar-refractivity contribution in [2.24, 2.45) is 7.05 Å². The molecule has 2 N–H and O–H groups in total. The Morgan fingerprint density at radius 3 is 2.64 bits per heavy atom. The standard InChI is InChI=1S/C19H25N7O2/c1-11(2)19-23-17(25-28-19)9-21-18(27)14-6-7-16(20-8-14)22-12(3)15-10-26(5)24-13(15)4/h6-8,10-12H,9H2,1-5H3,(H,20,22)(H,21,27)/t12-/m1/s1. The van der Waals surface area contributed by atoms with E-state index in [-0.39, 0.29) is 24.4 Å². The monoisotopic (exact) mass is 383 g/mol. The zero-order chi connectivity index (χ0) is 20.3. The largest absolute Gasteiger partial charge is 0.363 e. The van der Waals surface area contributed by atoms with Crippen LogP contribution in [0.25, 0.3) is 0 Å². The number of carbonyl (C=O) groups excluding carboxylic acids is 1. The van der Waals surface area contributed by atoms with Crippen molar-refractivity contribution in [1.29, 1.82) is 0 Å². The minimum atomic E-state index is -0.244. The molecular formula is C19H25N7O2. The number of anilines is 1. The first-order chi connectivity index (χ1) is 13.3. The summed E-state index contributed by atoms with van der Waals surface area (Å²) in [5, 5.41) is 14.3. The van der Waals surface area contributed by atoms with Gasteiger partial charge in [0, 0.05) is 30.9 Å². The highest BCUT2D eigenvalue weighted by atomic mass is 16.5. The molecular weight excluding hydrogens is 358 g/mol. The van der Waals surface area contributed by atoms with Gasteiger partial charge in [0.2, 0.25) is 5.89 Å². The molecule has 0 saturated heterocycles. The van der Waals surface area contributed by atoms with Crippen LogP contribution in [0.2, 0.25) is 0 Å². The molecule has 0 aliphatic carbocycles. The van der Waals surface area contributed by atoms with Crippen molar-refractivity contribution in [1.82, 2.24) is 30.2 Å². The Bertz CT molecular complexity index is 944. The molecule has 148 valence electrons. The van der Waals surface area contributed by atoms with Gasteiger partial charge in [-0.05, 0) is 26.0 Å². The zero-order valence-electron chi connectivity index (χ0n) is 16.7. The van der Waals surface area contributed by atoms with Gasteiger partial charge in [0.1, 0.15) is 5.82 Å². The number of amides is 1. The number of pyridine rings is 1. The molecule has 28 heavy (non-hydrogen) atoms. The summed E-state index contributed by atoms with van der Waals surface area (Å²) in [4.78, 5) is 20.9. The van der Waals surface area contributed by atoms with Crippen LogP contribution >= 0.6 is 0 Å². The van der Waals surface area contributed by atoms with E-state index in [1.54, 1.807) is 16.8 Å². The lowest BCUT2D eigenvalue weighted by atomic mass is 10.1. The summed E-state index contributed by atoms with van der Waals surface area (Å²) < 4.78 is 6.91. The maximum absolute atomic E-state index is 12.3. The predicted molar refractivity (Wildman–Crippen MR) is 104 cm³/mol. The molecule has 0 unspecified atom stereocenters. The number of hydrogen-bond donors (Lipinski definition) is 2. The fourth-order valence-electron chi connectivity index (χ4n) is 2.79. The van der Waals surface area contributed by atoms with Gasteiger partial charge in [-0.25, -0.2) is 4.98 Å². The zero-order valence-corrected chi connectivity index (χ0v) is 16.7. The van der Waals surface area contributed by atoms with E-state index < -0.39 is 0 Å². The van der Waals surface area contributed by atoms with E-state index in [0.717, 1.165) is 11.3 Å². The van der Waals surface area contributed by atoms with Gasteiger partial charge in [-0.2, -0.15) is 10.1 Å². The number of rotatable bonds is 7. The van der Waals surface area contributed by atoms with Gasteiger partial charge in [-0.3, -0.25) is 9.48 Å². The SMILES string of the molecule is Cc1nn(C)cc1[C@@H](C)Nc1ccc(C(=O)NCc2noc(C(C)C)n2)cn1. The van der Waals surface area contributed by atoms with Gasteiger partial charge in [-0.15, -0.1) is 0 Å². The molecule has 0 aliphatic heterocycles. The fraction of sp³-hybridized carbons (Fsp3) is 0.421. The molecule has 0 bridgehead atoms. The summed E-state index contributed by atoms with van der Waals surface area (Å²) in [6.45, 7) is 8.15. The van der Waals surface area contributed by atoms with Crippen LogP contribution < -0.4 is 10.6 Å². The lowest BCUT2D eigenvalue weighted by Gasteiger charge is -2.14. The molecule has 1 amide bonds. The van der Waals surface area contributed by atoms with Crippen molar-refractivity contribution < 1.29 is 9.32 Å². The maximum Gasteiger partial charge on any atom is 0.253 e. The molecule has 0 saturated carbocycles. The molecule has 0 spiro atoms. The van der Waals surface area contributed by atoms with Crippen LogP contribution in [0.4, 0.5) is 5.82 Å². The van der Waals surface area contributed by atoms with Crippen LogP contribution in [-0.2, 0) is 13.6 Å². The van der Waals surface area contributed by atoms with Crippen LogP contribution in [0.15, 0.2) is 29.0 Å². The summed E-state index contributed by atoms with van der Waals surface area (Å²) in [6.07, 6.45) is 3.52. The van der Waals surface area contributed by atoms with E-state index in [1.165, 1.54) is 6.20 Å². The van der Waals surface area contributed by atoms with Crippen molar-refractivity contribution in [2.45, 2.75) is 46.2 Å². The van der Waals surface area contributed by atoms with Gasteiger partial charge in [-0.1, -0.05) is 19.0 Å². The lowest BCUT2D eigenvalue weighted by molar-refractivity contribution is 0.0949. The van der Waals surface area contributed by atoms with Crippen LogP contribution in [-0.4, -0.2) is 30.8 Å². The Balaban J connectivity index is 1.57. The number of hydrogen-bond acceptors (Lipinski definition) is 7. The van der Waals surface area contributed by atoms with Gasteiger partial charge in [0.15, 0.2) is 5.82 Å². The average molecular weight is 383 g/mol. The number of aryl methyl sites for hydroxylation is 2. The second kappa shape index (κ2) is 8.20. The molecule has 1 atom stereocenters. The highest BCUT2D eigenvalue weighted by Crippen LogP contribution is 2.20. The Morgan fingerprint density at radius 2 is 2.07 bits per heavy atom. The third-order valence-electron chi connectivity index (χ3n) is 4.29. The summed E-state index contributed by atoms with van der Waals surface area (Å²) >= 11 is 0. The summed E-state index contributed by atoms with van der Waals surface area (Å²) in [6, 6.07) is 3.56. The Labute approximate surface area is 163 Å². The van der Waals surface area contributed by atoms with Crippen molar-refractivity contribution in [2.75, 3.05) is 5.32 Å². The third-order valence-corrected chi connectivity index (χ3v) is 4.29. The van der Waals surface area contributed by atoms with Crippen molar-refractivity contribution in [3.05, 3.63) is 53.1 Å². The Morgan fingerprint density at radius 1 is 1.29 bits per heavy atom. The molecule has 3 heterocycles. The van der Waals surface area contributed by atoms with E-state index in [0.29, 0.717) is 23.1 Å². The molecule has 3 aromatic rings. The van der Waals surface area contributed by atoms with Crippen molar-refractivity contribution in [3.8, 4) is 0 Å². The van der Waals surface area contributed by atoms with Crippen LogP contribution in [0.1, 0.15) is 66.1 Å². The van der Waals surface area contributed by atoms with Gasteiger partial charge in [0.05, 0.1) is 23.8 Å². The highest BCUT2D eigenvalue weighted by Gasteiger charge is 2.14. The first-order valence-corrected chi connectivity index (χ1v) is 9.17. The molecule has 0 fully saturated rings. The Kier molecular flexibility index (Phi) is 5.72. The predicted octanol–water partition coefficient (Wildman–Crippen LogP) is 2.73. The Hall–Kier alpha value is -3.23. The summed E-state index contributed by atoms with van der Waals surface area (Å²) in [5.41, 5.74) is 2.54. The summed E-state index contributed by atoms with van der Waals surface area (Å²) in [5.74, 6) is 1.60.